The van der Waals surface area contributed by atoms with Crippen LogP contribution in [0.15, 0.2) is 24.3 Å². The third kappa shape index (κ3) is 4.65. The number of carboxylic acid groups (broad SMARTS) is 1. The molecule has 1 amide bonds. The fourth-order valence-corrected chi connectivity index (χ4v) is 1.38. The lowest BCUT2D eigenvalue weighted by Gasteiger charge is -2.09. The van der Waals surface area contributed by atoms with Crippen molar-refractivity contribution in [1.29, 1.82) is 0 Å². The van der Waals surface area contributed by atoms with E-state index in [0.717, 1.165) is 12.1 Å². The predicted molar refractivity (Wildman–Crippen MR) is 63.8 cm³/mol. The van der Waals surface area contributed by atoms with E-state index in [1.54, 1.807) is 12.1 Å². The van der Waals surface area contributed by atoms with Crippen LogP contribution in [0.25, 0.3) is 0 Å². The lowest BCUT2D eigenvalue weighted by atomic mass is 10.1. The molecule has 0 aliphatic carbocycles. The van der Waals surface area contributed by atoms with E-state index >= 15 is 0 Å². The molecular weight excluding hydrogens is 220 g/mol. The van der Waals surface area contributed by atoms with Crippen LogP contribution in [0.5, 0.6) is 0 Å². The minimum Gasteiger partial charge on any atom is -0.480 e. The summed E-state index contributed by atoms with van der Waals surface area (Å²) in [6.07, 6.45) is 0. The molecule has 0 fully saturated rings. The van der Waals surface area contributed by atoms with Gasteiger partial charge in [-0.05, 0) is 31.8 Å². The number of hydrogen-bond acceptors (Lipinski definition) is 3. The Morgan fingerprint density at radius 1 is 1.24 bits per heavy atom. The molecule has 0 spiro atoms. The molecule has 0 heterocycles. The summed E-state index contributed by atoms with van der Waals surface area (Å²) >= 11 is 0. The zero-order valence-corrected chi connectivity index (χ0v) is 9.93. The van der Waals surface area contributed by atoms with Gasteiger partial charge in [0.05, 0.1) is 0 Å². The van der Waals surface area contributed by atoms with E-state index in [1.807, 2.05) is 31.1 Å². The lowest BCUT2D eigenvalue weighted by Crippen LogP contribution is -2.29. The van der Waals surface area contributed by atoms with Gasteiger partial charge in [0.1, 0.15) is 6.54 Å². The van der Waals surface area contributed by atoms with Crippen molar-refractivity contribution in [3.8, 4) is 0 Å². The maximum atomic E-state index is 11.5. The topological polar surface area (TPSA) is 69.6 Å². The van der Waals surface area contributed by atoms with Crippen LogP contribution in [0.3, 0.4) is 0 Å². The molecule has 1 aromatic rings. The molecule has 0 bridgehead atoms. The van der Waals surface area contributed by atoms with Gasteiger partial charge in [-0.25, -0.2) is 0 Å². The summed E-state index contributed by atoms with van der Waals surface area (Å²) in [7, 11) is 3.93. The van der Waals surface area contributed by atoms with Gasteiger partial charge in [-0.3, -0.25) is 9.59 Å². The van der Waals surface area contributed by atoms with E-state index in [4.69, 9.17) is 5.11 Å². The maximum Gasteiger partial charge on any atom is 0.322 e. The number of amides is 1. The Hall–Kier alpha value is -1.88. The Bertz CT molecular complexity index is 399. The van der Waals surface area contributed by atoms with Gasteiger partial charge in [-0.15, -0.1) is 0 Å². The van der Waals surface area contributed by atoms with Gasteiger partial charge in [-0.1, -0.05) is 12.1 Å². The first kappa shape index (κ1) is 13.2. The molecule has 1 aromatic carbocycles. The van der Waals surface area contributed by atoms with E-state index in [1.165, 1.54) is 0 Å². The van der Waals surface area contributed by atoms with Crippen LogP contribution in [0, 0.1) is 0 Å². The molecule has 0 aromatic heterocycles. The van der Waals surface area contributed by atoms with Crippen molar-refractivity contribution in [2.24, 2.45) is 0 Å². The fraction of sp³-hybridized carbons (Fsp3) is 0.333. The number of carboxylic acids is 1. The molecule has 1 rings (SSSR count). The molecule has 5 heteroatoms. The Balaban J connectivity index is 2.60. The van der Waals surface area contributed by atoms with Crippen LogP contribution in [0.1, 0.15) is 15.9 Å². The highest BCUT2D eigenvalue weighted by molar-refractivity contribution is 5.95. The monoisotopic (exact) mass is 236 g/mol. The van der Waals surface area contributed by atoms with Gasteiger partial charge in [0.2, 0.25) is 0 Å². The second kappa shape index (κ2) is 6.00. The minimum absolute atomic E-state index is 0.363. The maximum absolute atomic E-state index is 11.5. The molecular formula is C12H16N2O3. The van der Waals surface area contributed by atoms with Crippen molar-refractivity contribution in [2.45, 2.75) is 6.54 Å². The quantitative estimate of drug-likeness (QED) is 0.784. The van der Waals surface area contributed by atoms with Gasteiger partial charge in [0.25, 0.3) is 5.91 Å². The van der Waals surface area contributed by atoms with Crippen molar-refractivity contribution in [2.75, 3.05) is 20.6 Å². The highest BCUT2D eigenvalue weighted by atomic mass is 16.4. The molecule has 5 nitrogen and oxygen atoms in total. The van der Waals surface area contributed by atoms with Crippen molar-refractivity contribution in [3.63, 3.8) is 0 Å². The first-order chi connectivity index (χ1) is 7.99. The van der Waals surface area contributed by atoms with Crippen molar-refractivity contribution < 1.29 is 14.7 Å². The van der Waals surface area contributed by atoms with E-state index in [0.29, 0.717) is 5.56 Å². The van der Waals surface area contributed by atoms with E-state index in [-0.39, 0.29) is 12.5 Å². The summed E-state index contributed by atoms with van der Waals surface area (Å²) in [6, 6.07) is 7.09. The molecule has 2 N–H and O–H groups in total. The number of carbonyl (C=O) groups excluding carboxylic acids is 1. The minimum atomic E-state index is -1.05. The van der Waals surface area contributed by atoms with Gasteiger partial charge >= 0.3 is 5.97 Å². The van der Waals surface area contributed by atoms with Crippen LogP contribution in [0.4, 0.5) is 0 Å². The highest BCUT2D eigenvalue weighted by Gasteiger charge is 2.06. The summed E-state index contributed by atoms with van der Waals surface area (Å²) in [5.41, 5.74) is 1.57. The first-order valence-electron chi connectivity index (χ1n) is 5.22. The Morgan fingerprint density at radius 3 is 2.29 bits per heavy atom. The summed E-state index contributed by atoms with van der Waals surface area (Å²) in [6.45, 7) is 0.440. The summed E-state index contributed by atoms with van der Waals surface area (Å²) in [4.78, 5) is 23.8. The van der Waals surface area contributed by atoms with Gasteiger partial charge in [0.15, 0.2) is 0 Å². The van der Waals surface area contributed by atoms with E-state index in [9.17, 15) is 9.59 Å². The molecule has 92 valence electrons. The van der Waals surface area contributed by atoms with Gasteiger partial charge in [0, 0.05) is 12.1 Å². The number of nitrogens with zero attached hydrogens (tertiary/aromatic N) is 1. The number of carbonyl (C=O) groups is 2. The molecule has 0 atom stereocenters. The summed E-state index contributed by atoms with van der Waals surface area (Å²) in [5, 5.41) is 10.7. The molecule has 0 aliphatic rings. The molecule has 0 saturated heterocycles. The predicted octanol–water partition coefficient (Wildman–Crippen LogP) is 0.563. The molecule has 0 unspecified atom stereocenters. The second-order valence-corrected chi connectivity index (χ2v) is 4.01. The Morgan fingerprint density at radius 2 is 1.82 bits per heavy atom. The lowest BCUT2D eigenvalue weighted by molar-refractivity contribution is -0.135. The number of aliphatic carboxylic acids is 1. The summed E-state index contributed by atoms with van der Waals surface area (Å²) in [5.74, 6) is -1.42. The van der Waals surface area contributed by atoms with Crippen LogP contribution in [-0.2, 0) is 11.3 Å². The normalized spacial score (nSPS) is 10.3. The first-order valence-corrected chi connectivity index (χ1v) is 5.22. The number of benzene rings is 1. The van der Waals surface area contributed by atoms with Crippen molar-refractivity contribution in [1.82, 2.24) is 10.2 Å². The standard InChI is InChI=1S/C12H16N2O3/c1-14(2)8-9-3-5-10(6-4-9)12(17)13-7-11(15)16/h3-6H,7-8H2,1-2H3,(H,13,17)(H,15,16). The molecule has 0 saturated carbocycles. The Labute approximate surface area is 100 Å². The molecule has 17 heavy (non-hydrogen) atoms. The summed E-state index contributed by atoms with van der Waals surface area (Å²) < 4.78 is 0. The van der Waals surface area contributed by atoms with Crippen LogP contribution in [-0.4, -0.2) is 42.5 Å². The number of rotatable bonds is 5. The third-order valence-electron chi connectivity index (χ3n) is 2.12. The largest absolute Gasteiger partial charge is 0.480 e. The van der Waals surface area contributed by atoms with Crippen LogP contribution >= 0.6 is 0 Å². The second-order valence-electron chi connectivity index (χ2n) is 4.01. The fourth-order valence-electron chi connectivity index (χ4n) is 1.38. The average molecular weight is 236 g/mol. The van der Waals surface area contributed by atoms with Crippen LogP contribution < -0.4 is 5.32 Å². The number of nitrogens with one attached hydrogen (secondary N) is 1. The molecule has 0 radical (unpaired) electrons. The highest BCUT2D eigenvalue weighted by Crippen LogP contribution is 2.05. The Kier molecular flexibility index (Phi) is 4.66. The van der Waals surface area contributed by atoms with Gasteiger partial charge < -0.3 is 15.3 Å². The molecule has 0 aliphatic heterocycles. The van der Waals surface area contributed by atoms with Gasteiger partial charge in [-0.2, -0.15) is 0 Å². The van der Waals surface area contributed by atoms with E-state index < -0.39 is 5.97 Å². The third-order valence-corrected chi connectivity index (χ3v) is 2.12. The van der Waals surface area contributed by atoms with E-state index in [2.05, 4.69) is 5.32 Å². The zero-order chi connectivity index (χ0) is 12.8. The number of hydrogen-bond donors (Lipinski definition) is 2. The average Bonchev–Trinajstić information content (AvgIpc) is 2.26. The van der Waals surface area contributed by atoms with Crippen molar-refractivity contribution >= 4 is 11.9 Å². The smallest absolute Gasteiger partial charge is 0.322 e. The zero-order valence-electron chi connectivity index (χ0n) is 9.93. The SMILES string of the molecule is CN(C)Cc1ccc(C(=O)NCC(=O)O)cc1. The van der Waals surface area contributed by atoms with Crippen LogP contribution in [0.2, 0.25) is 0 Å². The van der Waals surface area contributed by atoms with Crippen molar-refractivity contribution in [3.05, 3.63) is 35.4 Å².